The molecular formula is C51H48N2O10. The monoisotopic (exact) mass is 848 g/mol. The number of ketones is 1. The van der Waals surface area contributed by atoms with Gasteiger partial charge in [-0.15, -0.1) is 0 Å². The fourth-order valence-electron chi connectivity index (χ4n) is 7.69. The van der Waals surface area contributed by atoms with Gasteiger partial charge in [-0.25, -0.2) is 9.59 Å². The maximum Gasteiger partial charge on any atom is 0.341 e. The van der Waals surface area contributed by atoms with Crippen molar-refractivity contribution in [3.05, 3.63) is 169 Å². The molecule has 8 rings (SSSR count). The molecule has 6 aromatic carbocycles. The minimum Gasteiger partial charge on any atom is -0.489 e. The lowest BCUT2D eigenvalue weighted by atomic mass is 9.95. The van der Waals surface area contributed by atoms with Crippen molar-refractivity contribution >= 4 is 46.4 Å². The Kier molecular flexibility index (Phi) is 14.7. The van der Waals surface area contributed by atoms with Gasteiger partial charge in [0.2, 0.25) is 5.91 Å². The molecule has 0 saturated carbocycles. The van der Waals surface area contributed by atoms with Crippen LogP contribution in [0.4, 0.5) is 22.7 Å². The van der Waals surface area contributed by atoms with Crippen LogP contribution in [0.1, 0.15) is 48.6 Å². The largest absolute Gasteiger partial charge is 0.489 e. The summed E-state index contributed by atoms with van der Waals surface area (Å²) in [6, 6.07) is 49.9. The van der Waals surface area contributed by atoms with Crippen LogP contribution < -0.4 is 28.7 Å². The van der Waals surface area contributed by atoms with Gasteiger partial charge in [-0.2, -0.15) is 0 Å². The van der Waals surface area contributed by atoms with Gasteiger partial charge >= 0.3 is 11.9 Å². The number of carbonyl (C=O) groups excluding carboxylic acids is 2. The predicted molar refractivity (Wildman–Crippen MR) is 239 cm³/mol. The summed E-state index contributed by atoms with van der Waals surface area (Å²) in [5.74, 6) is 0.190. The van der Waals surface area contributed by atoms with Gasteiger partial charge in [0, 0.05) is 58.6 Å². The molecule has 0 spiro atoms. The number of Topliss-reactive ketones (excluding diaryl/α,β-unsaturated/α-hetero) is 1. The van der Waals surface area contributed by atoms with Crippen molar-refractivity contribution in [3.63, 3.8) is 0 Å². The summed E-state index contributed by atoms with van der Waals surface area (Å²) in [5.41, 5.74) is 5.51. The molecule has 2 aliphatic heterocycles. The number of para-hydroxylation sites is 6. The van der Waals surface area contributed by atoms with E-state index in [0.29, 0.717) is 61.9 Å². The van der Waals surface area contributed by atoms with E-state index in [9.17, 15) is 19.2 Å². The lowest BCUT2D eigenvalue weighted by Gasteiger charge is -2.24. The van der Waals surface area contributed by atoms with Crippen molar-refractivity contribution in [2.45, 2.75) is 37.5 Å². The van der Waals surface area contributed by atoms with E-state index in [1.807, 2.05) is 150 Å². The number of aliphatic carboxylic acids is 2. The number of carboxylic acids is 2. The van der Waals surface area contributed by atoms with Crippen LogP contribution in [-0.2, 0) is 19.2 Å². The molecule has 63 heavy (non-hydrogen) atoms. The summed E-state index contributed by atoms with van der Waals surface area (Å²) in [6.07, 6.45) is 2.04. The minimum absolute atomic E-state index is 0.00383. The highest BCUT2D eigenvalue weighted by atomic mass is 16.5. The molecule has 0 saturated heterocycles. The fourth-order valence-corrected chi connectivity index (χ4v) is 7.69. The number of fused-ring (bicyclic) bond motifs is 2. The highest BCUT2D eigenvalue weighted by molar-refractivity contribution is 6.00. The van der Waals surface area contributed by atoms with E-state index in [1.54, 1.807) is 17.0 Å². The summed E-state index contributed by atoms with van der Waals surface area (Å²) in [4.78, 5) is 51.6. The second-order valence-corrected chi connectivity index (χ2v) is 15.0. The molecule has 2 heterocycles. The molecule has 1 amide bonds. The van der Waals surface area contributed by atoms with Crippen LogP contribution in [0.15, 0.2) is 158 Å². The number of anilines is 4. The third-order valence-corrected chi connectivity index (χ3v) is 10.7. The molecule has 6 aromatic rings. The summed E-state index contributed by atoms with van der Waals surface area (Å²) >= 11 is 0. The molecule has 0 aromatic heterocycles. The fraction of sp³-hybridized carbons (Fsp3) is 0.216. The zero-order chi connectivity index (χ0) is 44.0. The Hall–Kier alpha value is -7.60. The maximum atomic E-state index is 13.3. The first-order chi connectivity index (χ1) is 30.7. The predicted octanol–water partition coefficient (Wildman–Crippen LogP) is 9.58. The normalized spacial score (nSPS) is 14.3. The molecule has 0 aliphatic carbocycles. The Balaban J connectivity index is 0.000000189. The minimum atomic E-state index is -1.04. The number of carboxylic acid groups (broad SMARTS) is 2. The van der Waals surface area contributed by atoms with Crippen LogP contribution in [0, 0.1) is 0 Å². The quantitative estimate of drug-likeness (QED) is 0.0851. The Labute approximate surface area is 365 Å². The third kappa shape index (κ3) is 11.4. The summed E-state index contributed by atoms with van der Waals surface area (Å²) < 4.78 is 22.3. The first-order valence-corrected chi connectivity index (χ1v) is 20.8. The molecule has 0 bridgehead atoms. The van der Waals surface area contributed by atoms with Gasteiger partial charge in [-0.05, 0) is 73.5 Å². The molecule has 2 unspecified atom stereocenters. The number of amides is 1. The van der Waals surface area contributed by atoms with Crippen LogP contribution in [0.2, 0.25) is 0 Å². The Morgan fingerprint density at radius 1 is 0.508 bits per heavy atom. The van der Waals surface area contributed by atoms with Crippen molar-refractivity contribution in [1.29, 1.82) is 0 Å². The Bertz CT molecular complexity index is 2390. The van der Waals surface area contributed by atoms with E-state index >= 15 is 0 Å². The Morgan fingerprint density at radius 3 is 1.32 bits per heavy atom. The average molecular weight is 849 g/mol. The van der Waals surface area contributed by atoms with E-state index in [4.69, 9.17) is 29.2 Å². The van der Waals surface area contributed by atoms with E-state index in [1.165, 1.54) is 0 Å². The number of rotatable bonds is 18. The molecule has 2 atom stereocenters. The van der Waals surface area contributed by atoms with Gasteiger partial charge in [0.1, 0.15) is 0 Å². The van der Waals surface area contributed by atoms with Crippen molar-refractivity contribution in [2.75, 3.05) is 42.8 Å². The molecule has 12 heteroatoms. The van der Waals surface area contributed by atoms with Gasteiger partial charge in [-0.3, -0.25) is 14.5 Å². The van der Waals surface area contributed by atoms with Crippen LogP contribution in [-0.4, -0.2) is 66.8 Å². The van der Waals surface area contributed by atoms with Gasteiger partial charge < -0.3 is 34.1 Å². The molecule has 322 valence electrons. The number of hydrogen-bond donors (Lipinski definition) is 2. The first-order valence-electron chi connectivity index (χ1n) is 20.8. The highest BCUT2D eigenvalue weighted by Crippen LogP contribution is 2.44. The summed E-state index contributed by atoms with van der Waals surface area (Å²) in [5, 5.41) is 17.7. The van der Waals surface area contributed by atoms with Crippen molar-refractivity contribution in [1.82, 2.24) is 0 Å². The molecule has 2 N–H and O–H groups in total. The Morgan fingerprint density at radius 2 is 0.905 bits per heavy atom. The van der Waals surface area contributed by atoms with Crippen molar-refractivity contribution in [3.8, 4) is 23.0 Å². The van der Waals surface area contributed by atoms with Gasteiger partial charge in [0.25, 0.3) is 0 Å². The number of nitrogens with zero attached hydrogens (tertiary/aromatic N) is 2. The van der Waals surface area contributed by atoms with E-state index in [0.717, 1.165) is 33.9 Å². The average Bonchev–Trinajstić information content (AvgIpc) is 3.94. The van der Waals surface area contributed by atoms with Crippen LogP contribution in [0.25, 0.3) is 0 Å². The van der Waals surface area contributed by atoms with Crippen molar-refractivity contribution in [2.24, 2.45) is 0 Å². The lowest BCUT2D eigenvalue weighted by molar-refractivity contribution is -0.140. The summed E-state index contributed by atoms with van der Waals surface area (Å²) in [7, 11) is 0. The topological polar surface area (TPSA) is 152 Å². The third-order valence-electron chi connectivity index (χ3n) is 10.7. The smallest absolute Gasteiger partial charge is 0.341 e. The van der Waals surface area contributed by atoms with Gasteiger partial charge in [0.15, 0.2) is 42.0 Å². The number of carbonyl (C=O) groups is 4. The van der Waals surface area contributed by atoms with Crippen LogP contribution >= 0.6 is 0 Å². The standard InChI is InChI=1S/C26H25NO5.C25H23NO5/c28-22(16-27(20-8-3-1-4-9-20)21-10-5-2-6-11-21)15-14-19-17-32-26-23(19)12-7-13-24(26)31-18-25(29)30;27-23(26(19-8-3-1-4-9-19)20-10-5-2-6-11-20)15-14-18-16-31-25-21(18)12-7-13-22(25)30-17-24(28)29/h1-13,19H,14-18H2,(H,29,30);1-13,18H,14-17H2,(H,28,29). The van der Waals surface area contributed by atoms with Crippen LogP contribution in [0.5, 0.6) is 23.0 Å². The molecule has 12 nitrogen and oxygen atoms in total. The SMILES string of the molecule is O=C(O)COc1cccc2c1OCC2CCC(=O)CN(c1ccccc1)c1ccccc1.O=C(O)COc1cccc2c1OCC2CCC(=O)N(c1ccccc1)c1ccccc1. The maximum absolute atomic E-state index is 13.3. The zero-order valence-corrected chi connectivity index (χ0v) is 34.6. The van der Waals surface area contributed by atoms with Crippen LogP contribution in [0.3, 0.4) is 0 Å². The number of hydrogen-bond acceptors (Lipinski definition) is 9. The molecule has 0 radical (unpaired) electrons. The zero-order valence-electron chi connectivity index (χ0n) is 34.6. The highest BCUT2D eigenvalue weighted by Gasteiger charge is 2.30. The molecular weight excluding hydrogens is 801 g/mol. The summed E-state index contributed by atoms with van der Waals surface area (Å²) in [6.45, 7) is 0.337. The first kappa shape index (κ1) is 43.5. The molecule has 2 aliphatic rings. The number of benzene rings is 6. The second-order valence-electron chi connectivity index (χ2n) is 15.0. The second kappa shape index (κ2) is 21.3. The van der Waals surface area contributed by atoms with E-state index < -0.39 is 25.2 Å². The van der Waals surface area contributed by atoms with E-state index in [2.05, 4.69) is 0 Å². The van der Waals surface area contributed by atoms with Crippen molar-refractivity contribution < 1.29 is 48.3 Å². The van der Waals surface area contributed by atoms with E-state index in [-0.39, 0.29) is 30.1 Å². The van der Waals surface area contributed by atoms with Gasteiger partial charge in [-0.1, -0.05) is 97.1 Å². The molecule has 0 fully saturated rings. The van der Waals surface area contributed by atoms with Gasteiger partial charge in [0.05, 0.1) is 19.8 Å². The number of ether oxygens (including phenoxy) is 4. The lowest BCUT2D eigenvalue weighted by Crippen LogP contribution is -2.26.